The van der Waals surface area contributed by atoms with E-state index in [1.165, 1.54) is 0 Å². The first-order valence-corrected chi connectivity index (χ1v) is 6.17. The highest BCUT2D eigenvalue weighted by Gasteiger charge is 2.28. The number of hydrogen-bond acceptors (Lipinski definition) is 3. The predicted molar refractivity (Wildman–Crippen MR) is 64.2 cm³/mol. The van der Waals surface area contributed by atoms with E-state index in [-0.39, 0.29) is 11.8 Å². The van der Waals surface area contributed by atoms with Crippen molar-refractivity contribution in [2.24, 2.45) is 17.8 Å². The average Bonchev–Trinajstić information content (AvgIpc) is 2.63. The van der Waals surface area contributed by atoms with Gasteiger partial charge >= 0.3 is 0 Å². The Morgan fingerprint density at radius 3 is 2.81 bits per heavy atom. The number of nitrogens with one attached hydrogen (secondary N) is 2. The number of carbonyl (C=O) groups excluding carboxylic acids is 1. The summed E-state index contributed by atoms with van der Waals surface area (Å²) in [5.74, 6) is 1.28. The molecule has 4 heteroatoms. The van der Waals surface area contributed by atoms with Crippen LogP contribution in [-0.2, 0) is 9.53 Å². The van der Waals surface area contributed by atoms with Gasteiger partial charge in [0.15, 0.2) is 0 Å². The van der Waals surface area contributed by atoms with Crippen molar-refractivity contribution < 1.29 is 9.53 Å². The minimum Gasteiger partial charge on any atom is -0.379 e. The first-order chi connectivity index (χ1) is 7.61. The fourth-order valence-electron chi connectivity index (χ4n) is 1.86. The molecule has 2 atom stereocenters. The summed E-state index contributed by atoms with van der Waals surface area (Å²) in [7, 11) is 0. The maximum Gasteiger partial charge on any atom is 0.224 e. The van der Waals surface area contributed by atoms with E-state index in [0.717, 1.165) is 19.7 Å². The zero-order valence-electron chi connectivity index (χ0n) is 10.6. The topological polar surface area (TPSA) is 50.4 Å². The Labute approximate surface area is 98.1 Å². The number of hydrogen-bond donors (Lipinski definition) is 2. The van der Waals surface area contributed by atoms with E-state index in [1.54, 1.807) is 0 Å². The van der Waals surface area contributed by atoms with Crippen molar-refractivity contribution in [1.29, 1.82) is 0 Å². The van der Waals surface area contributed by atoms with Gasteiger partial charge in [-0.05, 0) is 18.4 Å². The fourth-order valence-corrected chi connectivity index (χ4v) is 1.86. The predicted octanol–water partition coefficient (Wildman–Crippen LogP) is 0.631. The van der Waals surface area contributed by atoms with Gasteiger partial charge in [-0.2, -0.15) is 0 Å². The minimum absolute atomic E-state index is 0.130. The Balaban J connectivity index is 2.06. The van der Waals surface area contributed by atoms with Crippen molar-refractivity contribution in [2.45, 2.75) is 20.8 Å². The van der Waals surface area contributed by atoms with Gasteiger partial charge in [-0.3, -0.25) is 4.79 Å². The molecule has 1 aliphatic heterocycles. The second-order valence-electron chi connectivity index (χ2n) is 5.00. The van der Waals surface area contributed by atoms with Gasteiger partial charge in [0.2, 0.25) is 5.91 Å². The molecule has 4 nitrogen and oxygen atoms in total. The fraction of sp³-hybridized carbons (Fsp3) is 0.917. The molecule has 1 saturated heterocycles. The van der Waals surface area contributed by atoms with Crippen LogP contribution in [0.2, 0.25) is 0 Å². The lowest BCUT2D eigenvalue weighted by molar-refractivity contribution is -0.125. The normalized spacial score (nSPS) is 25.0. The van der Waals surface area contributed by atoms with Crippen molar-refractivity contribution in [3.63, 3.8) is 0 Å². The average molecular weight is 228 g/mol. The van der Waals surface area contributed by atoms with Crippen molar-refractivity contribution in [1.82, 2.24) is 10.6 Å². The molecule has 0 bridgehead atoms. The third-order valence-corrected chi connectivity index (χ3v) is 2.85. The molecule has 1 fully saturated rings. The monoisotopic (exact) mass is 228 g/mol. The van der Waals surface area contributed by atoms with Crippen molar-refractivity contribution in [3.05, 3.63) is 0 Å². The van der Waals surface area contributed by atoms with Crippen LogP contribution in [0.3, 0.4) is 0 Å². The zero-order chi connectivity index (χ0) is 12.0. The zero-order valence-corrected chi connectivity index (χ0v) is 10.6. The summed E-state index contributed by atoms with van der Waals surface area (Å²) in [6.45, 7) is 10.1. The Hall–Kier alpha value is -0.610. The Kier molecular flexibility index (Phi) is 5.77. The van der Waals surface area contributed by atoms with Crippen LogP contribution in [0.5, 0.6) is 0 Å². The molecule has 1 heterocycles. The number of carbonyl (C=O) groups is 1. The molecule has 0 aromatic heterocycles. The molecule has 2 unspecified atom stereocenters. The highest BCUT2D eigenvalue weighted by atomic mass is 16.5. The molecule has 16 heavy (non-hydrogen) atoms. The van der Waals surface area contributed by atoms with E-state index in [1.807, 2.05) is 0 Å². The summed E-state index contributed by atoms with van der Waals surface area (Å²) in [5.41, 5.74) is 0. The molecule has 94 valence electrons. The third-order valence-electron chi connectivity index (χ3n) is 2.85. The molecule has 0 aliphatic carbocycles. The summed E-state index contributed by atoms with van der Waals surface area (Å²) in [4.78, 5) is 11.7. The van der Waals surface area contributed by atoms with Crippen LogP contribution >= 0.6 is 0 Å². The molecule has 0 aromatic carbocycles. The maximum atomic E-state index is 11.7. The minimum atomic E-state index is 0.130. The molecule has 1 rings (SSSR count). The lowest BCUT2D eigenvalue weighted by Crippen LogP contribution is -2.36. The van der Waals surface area contributed by atoms with Gasteiger partial charge in [0.1, 0.15) is 0 Å². The lowest BCUT2D eigenvalue weighted by Gasteiger charge is -2.14. The quantitative estimate of drug-likeness (QED) is 0.656. The Bertz CT molecular complexity index is 219. The number of amides is 1. The largest absolute Gasteiger partial charge is 0.379 e. The van der Waals surface area contributed by atoms with Gasteiger partial charge < -0.3 is 15.4 Å². The molecule has 0 aromatic rings. The van der Waals surface area contributed by atoms with Crippen molar-refractivity contribution in [2.75, 3.05) is 32.8 Å². The molecule has 1 amide bonds. The maximum absolute atomic E-state index is 11.7. The summed E-state index contributed by atoms with van der Waals surface area (Å²) in [6.07, 6.45) is 0. The molecule has 1 aliphatic rings. The molecule has 2 N–H and O–H groups in total. The van der Waals surface area contributed by atoms with Crippen LogP contribution in [0.1, 0.15) is 20.8 Å². The Morgan fingerprint density at radius 1 is 1.50 bits per heavy atom. The SMILES string of the molecule is CC(C)COCCNC(=O)C1CNCC1C. The van der Waals surface area contributed by atoms with E-state index in [9.17, 15) is 4.79 Å². The third kappa shape index (κ3) is 4.49. The summed E-state index contributed by atoms with van der Waals surface area (Å²) < 4.78 is 5.40. The van der Waals surface area contributed by atoms with Gasteiger partial charge in [0, 0.05) is 19.7 Å². The van der Waals surface area contributed by atoms with Crippen LogP contribution in [-0.4, -0.2) is 38.8 Å². The van der Waals surface area contributed by atoms with Gasteiger partial charge in [0.05, 0.1) is 12.5 Å². The second-order valence-corrected chi connectivity index (χ2v) is 5.00. The van der Waals surface area contributed by atoms with E-state index in [4.69, 9.17) is 4.74 Å². The first kappa shape index (κ1) is 13.5. The van der Waals surface area contributed by atoms with Crippen LogP contribution in [0, 0.1) is 17.8 Å². The number of ether oxygens (including phenoxy) is 1. The van der Waals surface area contributed by atoms with Gasteiger partial charge in [-0.15, -0.1) is 0 Å². The lowest BCUT2D eigenvalue weighted by atomic mass is 9.97. The van der Waals surface area contributed by atoms with Crippen LogP contribution < -0.4 is 10.6 Å². The summed E-state index contributed by atoms with van der Waals surface area (Å²) in [6, 6.07) is 0. The highest BCUT2D eigenvalue weighted by molar-refractivity contribution is 5.79. The van der Waals surface area contributed by atoms with Crippen LogP contribution in [0.25, 0.3) is 0 Å². The number of rotatable bonds is 6. The van der Waals surface area contributed by atoms with Gasteiger partial charge in [-0.1, -0.05) is 20.8 Å². The van der Waals surface area contributed by atoms with Gasteiger partial charge in [-0.25, -0.2) is 0 Å². The molecular formula is C12H24N2O2. The van der Waals surface area contributed by atoms with E-state index in [0.29, 0.717) is 25.0 Å². The van der Waals surface area contributed by atoms with Crippen LogP contribution in [0.15, 0.2) is 0 Å². The molecule has 0 spiro atoms. The second kappa shape index (κ2) is 6.86. The van der Waals surface area contributed by atoms with Crippen molar-refractivity contribution >= 4 is 5.91 Å². The van der Waals surface area contributed by atoms with Gasteiger partial charge in [0.25, 0.3) is 0 Å². The van der Waals surface area contributed by atoms with Crippen LogP contribution in [0.4, 0.5) is 0 Å². The molecule has 0 saturated carbocycles. The Morgan fingerprint density at radius 2 is 2.25 bits per heavy atom. The van der Waals surface area contributed by atoms with Crippen molar-refractivity contribution in [3.8, 4) is 0 Å². The first-order valence-electron chi connectivity index (χ1n) is 6.17. The standard InChI is InChI=1S/C12H24N2O2/c1-9(2)8-16-5-4-14-12(15)11-7-13-6-10(11)3/h9-11,13H,4-8H2,1-3H3,(H,14,15). The smallest absolute Gasteiger partial charge is 0.224 e. The summed E-state index contributed by atoms with van der Waals surface area (Å²) >= 11 is 0. The summed E-state index contributed by atoms with van der Waals surface area (Å²) in [5, 5.41) is 6.15. The molecular weight excluding hydrogens is 204 g/mol. The van der Waals surface area contributed by atoms with E-state index in [2.05, 4.69) is 31.4 Å². The highest BCUT2D eigenvalue weighted by Crippen LogP contribution is 2.15. The van der Waals surface area contributed by atoms with E-state index < -0.39 is 0 Å². The van der Waals surface area contributed by atoms with E-state index >= 15 is 0 Å². The molecule has 0 radical (unpaired) electrons.